The van der Waals surface area contributed by atoms with Crippen LogP contribution in [0.15, 0.2) is 17.1 Å². The minimum Gasteiger partial charge on any atom is -0.337 e. The fraction of sp³-hybridized carbons (Fsp3) is 0.600. The fourth-order valence-electron chi connectivity index (χ4n) is 3.28. The molecule has 1 aliphatic rings. The molecule has 1 fully saturated rings. The number of piperidine rings is 1. The molecule has 0 spiro atoms. The summed E-state index contributed by atoms with van der Waals surface area (Å²) < 4.78 is 4.83. The zero-order chi connectivity index (χ0) is 16.6. The van der Waals surface area contributed by atoms with E-state index >= 15 is 0 Å². The maximum absolute atomic E-state index is 12.6. The Morgan fingerprint density at radius 3 is 2.61 bits per heavy atom. The Balaban J connectivity index is 1.71. The predicted molar refractivity (Wildman–Crippen MR) is 84.3 cm³/mol. The molecule has 8 nitrogen and oxygen atoms in total. The molecule has 0 unspecified atom stereocenters. The smallest absolute Gasteiger partial charge is 0.337 e. The first kappa shape index (κ1) is 15.5. The van der Waals surface area contributed by atoms with Gasteiger partial charge < -0.3 is 4.90 Å². The van der Waals surface area contributed by atoms with Crippen molar-refractivity contribution in [2.75, 3.05) is 13.1 Å². The van der Waals surface area contributed by atoms with Crippen LogP contribution in [0, 0.1) is 6.92 Å². The summed E-state index contributed by atoms with van der Waals surface area (Å²) in [6.07, 6.45) is 3.18. The summed E-state index contributed by atoms with van der Waals surface area (Å²) in [7, 11) is 1.66. The lowest BCUT2D eigenvalue weighted by Crippen LogP contribution is -2.41. The second-order valence-electron chi connectivity index (χ2n) is 5.88. The van der Waals surface area contributed by atoms with E-state index in [9.17, 15) is 9.59 Å². The number of hydrogen-bond acceptors (Lipinski definition) is 4. The second-order valence-corrected chi connectivity index (χ2v) is 5.88. The number of amides is 1. The molecule has 2 aromatic heterocycles. The quantitative estimate of drug-likeness (QED) is 0.829. The lowest BCUT2D eigenvalue weighted by Gasteiger charge is -2.32. The molecule has 3 heterocycles. The molecule has 124 valence electrons. The Kier molecular flexibility index (Phi) is 4.06. The maximum atomic E-state index is 12.6. The first-order valence-electron chi connectivity index (χ1n) is 7.96. The molecule has 0 bridgehead atoms. The third-order valence-corrected chi connectivity index (χ3v) is 4.48. The standard InChI is InChI=1S/C15H22N6O2/c1-4-20-13(5-8-16-20)14(22)19-9-6-12(7-10-19)21-11(2)17-18(3)15(21)23/h5,8,12H,4,6-7,9-10H2,1-3H3. The van der Waals surface area contributed by atoms with E-state index in [2.05, 4.69) is 10.2 Å². The zero-order valence-corrected chi connectivity index (χ0v) is 13.8. The monoisotopic (exact) mass is 318 g/mol. The van der Waals surface area contributed by atoms with Gasteiger partial charge in [0.25, 0.3) is 5.91 Å². The van der Waals surface area contributed by atoms with Gasteiger partial charge in [-0.05, 0) is 32.8 Å². The molecule has 2 aromatic rings. The molecule has 1 amide bonds. The van der Waals surface area contributed by atoms with Crippen LogP contribution in [0.5, 0.6) is 0 Å². The number of carbonyl (C=O) groups excluding carboxylic acids is 1. The zero-order valence-electron chi connectivity index (χ0n) is 13.8. The van der Waals surface area contributed by atoms with Crippen molar-refractivity contribution in [1.29, 1.82) is 0 Å². The largest absolute Gasteiger partial charge is 0.345 e. The molecule has 0 radical (unpaired) electrons. The summed E-state index contributed by atoms with van der Waals surface area (Å²) >= 11 is 0. The van der Waals surface area contributed by atoms with Crippen molar-refractivity contribution < 1.29 is 4.79 Å². The van der Waals surface area contributed by atoms with Gasteiger partial charge in [-0.3, -0.25) is 14.0 Å². The van der Waals surface area contributed by atoms with Gasteiger partial charge >= 0.3 is 5.69 Å². The first-order chi connectivity index (χ1) is 11.0. The maximum Gasteiger partial charge on any atom is 0.345 e. The van der Waals surface area contributed by atoms with Crippen molar-refractivity contribution >= 4 is 5.91 Å². The second kappa shape index (κ2) is 6.02. The highest BCUT2D eigenvalue weighted by atomic mass is 16.2. The summed E-state index contributed by atoms with van der Waals surface area (Å²) in [4.78, 5) is 26.6. The number of likely N-dealkylation sites (tertiary alicyclic amines) is 1. The third kappa shape index (κ3) is 2.69. The average Bonchev–Trinajstić information content (AvgIpc) is 3.12. The van der Waals surface area contributed by atoms with Crippen molar-refractivity contribution in [3.05, 3.63) is 34.3 Å². The highest BCUT2D eigenvalue weighted by molar-refractivity contribution is 5.92. The number of hydrogen-bond donors (Lipinski definition) is 0. The number of rotatable bonds is 3. The first-order valence-corrected chi connectivity index (χ1v) is 7.96. The van der Waals surface area contributed by atoms with Crippen LogP contribution in [0.3, 0.4) is 0 Å². The van der Waals surface area contributed by atoms with Gasteiger partial charge in [-0.1, -0.05) is 0 Å². The van der Waals surface area contributed by atoms with Crippen molar-refractivity contribution in [3.8, 4) is 0 Å². The van der Waals surface area contributed by atoms with E-state index in [1.54, 1.807) is 28.6 Å². The van der Waals surface area contributed by atoms with Gasteiger partial charge in [0.1, 0.15) is 11.5 Å². The topological polar surface area (TPSA) is 78.0 Å². The van der Waals surface area contributed by atoms with Gasteiger partial charge in [0.05, 0.1) is 0 Å². The Morgan fingerprint density at radius 1 is 1.35 bits per heavy atom. The van der Waals surface area contributed by atoms with Crippen LogP contribution >= 0.6 is 0 Å². The van der Waals surface area contributed by atoms with E-state index in [4.69, 9.17) is 0 Å². The van der Waals surface area contributed by atoms with E-state index in [0.29, 0.717) is 25.3 Å². The Hall–Kier alpha value is -2.38. The van der Waals surface area contributed by atoms with E-state index in [1.807, 2.05) is 18.7 Å². The molecular weight excluding hydrogens is 296 g/mol. The van der Waals surface area contributed by atoms with Gasteiger partial charge in [0.2, 0.25) is 0 Å². The minimum atomic E-state index is -0.0867. The van der Waals surface area contributed by atoms with E-state index in [0.717, 1.165) is 18.7 Å². The highest BCUT2D eigenvalue weighted by Crippen LogP contribution is 2.23. The third-order valence-electron chi connectivity index (χ3n) is 4.48. The lowest BCUT2D eigenvalue weighted by atomic mass is 10.0. The summed E-state index contributed by atoms with van der Waals surface area (Å²) in [6.45, 7) is 5.76. The number of nitrogens with zero attached hydrogens (tertiary/aromatic N) is 6. The number of aromatic nitrogens is 5. The number of carbonyl (C=O) groups is 1. The Labute approximate surface area is 134 Å². The van der Waals surface area contributed by atoms with Crippen LogP contribution in [0.2, 0.25) is 0 Å². The number of aryl methyl sites for hydroxylation is 3. The highest BCUT2D eigenvalue weighted by Gasteiger charge is 2.28. The van der Waals surface area contributed by atoms with Gasteiger partial charge in [0, 0.05) is 38.9 Å². The fourth-order valence-corrected chi connectivity index (χ4v) is 3.28. The summed E-state index contributed by atoms with van der Waals surface area (Å²) in [5.74, 6) is 0.740. The molecule has 0 saturated carbocycles. The van der Waals surface area contributed by atoms with Crippen LogP contribution in [-0.4, -0.2) is 48.0 Å². The Bertz CT molecular complexity index is 763. The normalized spacial score (nSPS) is 16.0. The van der Waals surface area contributed by atoms with Crippen LogP contribution in [0.4, 0.5) is 0 Å². The summed E-state index contributed by atoms with van der Waals surface area (Å²) in [6, 6.07) is 1.87. The molecule has 1 saturated heterocycles. The lowest BCUT2D eigenvalue weighted by molar-refractivity contribution is 0.0680. The van der Waals surface area contributed by atoms with Crippen LogP contribution in [0.25, 0.3) is 0 Å². The minimum absolute atomic E-state index is 0.0121. The van der Waals surface area contributed by atoms with E-state index < -0.39 is 0 Å². The van der Waals surface area contributed by atoms with Crippen molar-refractivity contribution in [2.45, 2.75) is 39.3 Å². The average molecular weight is 318 g/mol. The van der Waals surface area contributed by atoms with Crippen molar-refractivity contribution in [2.24, 2.45) is 7.05 Å². The predicted octanol–water partition coefficient (Wildman–Crippen LogP) is 0.584. The molecule has 0 atom stereocenters. The Morgan fingerprint density at radius 2 is 2.04 bits per heavy atom. The summed E-state index contributed by atoms with van der Waals surface area (Å²) in [5, 5.41) is 8.33. The summed E-state index contributed by atoms with van der Waals surface area (Å²) in [5.41, 5.74) is 0.539. The van der Waals surface area contributed by atoms with Gasteiger partial charge in [-0.25, -0.2) is 9.48 Å². The molecule has 0 aromatic carbocycles. The molecular formula is C15H22N6O2. The molecule has 8 heteroatoms. The van der Waals surface area contributed by atoms with Crippen LogP contribution in [0.1, 0.15) is 42.1 Å². The van der Waals surface area contributed by atoms with E-state index in [1.165, 1.54) is 4.68 Å². The van der Waals surface area contributed by atoms with Gasteiger partial charge in [0.15, 0.2) is 0 Å². The molecule has 23 heavy (non-hydrogen) atoms. The van der Waals surface area contributed by atoms with Gasteiger partial charge in [-0.2, -0.15) is 10.2 Å². The van der Waals surface area contributed by atoms with E-state index in [-0.39, 0.29) is 17.6 Å². The van der Waals surface area contributed by atoms with Crippen LogP contribution < -0.4 is 5.69 Å². The van der Waals surface area contributed by atoms with Gasteiger partial charge in [-0.15, -0.1) is 0 Å². The molecule has 0 aliphatic carbocycles. The van der Waals surface area contributed by atoms with Crippen LogP contribution in [-0.2, 0) is 13.6 Å². The molecule has 0 N–H and O–H groups in total. The molecule has 3 rings (SSSR count). The molecule has 1 aliphatic heterocycles. The van der Waals surface area contributed by atoms with Crippen molar-refractivity contribution in [3.63, 3.8) is 0 Å². The van der Waals surface area contributed by atoms with Crippen molar-refractivity contribution in [1.82, 2.24) is 29.0 Å². The SMILES string of the molecule is CCn1nccc1C(=O)N1CCC(n2c(C)nn(C)c2=O)CC1.